The fourth-order valence-corrected chi connectivity index (χ4v) is 2.96. The largest absolute Gasteiger partial charge is 0.497 e. The molecule has 2 N–H and O–H groups in total. The number of nitrogens with one attached hydrogen (secondary N) is 2. The van der Waals surface area contributed by atoms with Crippen LogP contribution in [-0.2, 0) is 4.79 Å². The smallest absolute Gasteiger partial charge is 0.321 e. The number of thiazole rings is 1. The molecule has 2 aromatic rings. The number of hydrogen-bond acceptors (Lipinski definition) is 5. The molecule has 23 heavy (non-hydrogen) atoms. The van der Waals surface area contributed by atoms with Crippen LogP contribution in [0.2, 0.25) is 0 Å². The molecule has 8 heteroatoms. The summed E-state index contributed by atoms with van der Waals surface area (Å²) in [5.41, 5.74) is 0.763. The van der Waals surface area contributed by atoms with Crippen LogP contribution in [0, 0.1) is 0 Å². The maximum absolute atomic E-state index is 12.2. The van der Waals surface area contributed by atoms with Crippen molar-refractivity contribution < 1.29 is 14.3 Å². The number of urea groups is 1. The monoisotopic (exact) mass is 332 g/mol. The minimum atomic E-state index is -0.356. The van der Waals surface area contributed by atoms with Crippen LogP contribution in [-0.4, -0.2) is 36.6 Å². The molecular formula is C15H16N4O3S. The van der Waals surface area contributed by atoms with Crippen LogP contribution in [0.3, 0.4) is 0 Å². The number of aromatic nitrogens is 1. The van der Waals surface area contributed by atoms with Crippen molar-refractivity contribution in [1.29, 1.82) is 0 Å². The van der Waals surface area contributed by atoms with E-state index in [9.17, 15) is 9.59 Å². The highest BCUT2D eigenvalue weighted by Crippen LogP contribution is 2.25. The molecule has 0 spiro atoms. The van der Waals surface area contributed by atoms with E-state index in [1.54, 1.807) is 29.7 Å². The zero-order valence-electron chi connectivity index (χ0n) is 12.5. The van der Waals surface area contributed by atoms with Gasteiger partial charge in [0.15, 0.2) is 5.13 Å². The standard InChI is InChI=1S/C15H16N4O3S/c1-22-12-4-2-3-11(8-12)19-9-10(7-13(19)20)17-14(21)18-15-16-5-6-23-15/h2-6,8,10H,7,9H2,1H3,(H2,16,17,18,21). The van der Waals surface area contributed by atoms with Crippen LogP contribution in [0.15, 0.2) is 35.8 Å². The number of amides is 3. The summed E-state index contributed by atoms with van der Waals surface area (Å²) in [6.07, 6.45) is 1.88. The highest BCUT2D eigenvalue weighted by Gasteiger charge is 2.31. The first kappa shape index (κ1) is 15.3. The van der Waals surface area contributed by atoms with Gasteiger partial charge in [0.1, 0.15) is 5.75 Å². The Hall–Kier alpha value is -2.61. The van der Waals surface area contributed by atoms with E-state index in [2.05, 4.69) is 15.6 Å². The molecular weight excluding hydrogens is 316 g/mol. The Bertz CT molecular complexity index is 705. The highest BCUT2D eigenvalue weighted by molar-refractivity contribution is 7.13. The van der Waals surface area contributed by atoms with Crippen LogP contribution in [0.1, 0.15) is 6.42 Å². The summed E-state index contributed by atoms with van der Waals surface area (Å²) < 4.78 is 5.18. The molecule has 1 aromatic carbocycles. The van der Waals surface area contributed by atoms with Crippen molar-refractivity contribution >= 4 is 34.1 Å². The van der Waals surface area contributed by atoms with Gasteiger partial charge >= 0.3 is 6.03 Å². The van der Waals surface area contributed by atoms with Crippen molar-refractivity contribution in [3.63, 3.8) is 0 Å². The molecule has 1 aliphatic heterocycles. The predicted molar refractivity (Wildman–Crippen MR) is 88.0 cm³/mol. The van der Waals surface area contributed by atoms with Gasteiger partial charge in [-0.25, -0.2) is 9.78 Å². The van der Waals surface area contributed by atoms with Crippen LogP contribution in [0.25, 0.3) is 0 Å². The normalized spacial score (nSPS) is 17.2. The molecule has 1 fully saturated rings. The zero-order valence-corrected chi connectivity index (χ0v) is 13.3. The molecule has 120 valence electrons. The Balaban J connectivity index is 1.61. The lowest BCUT2D eigenvalue weighted by molar-refractivity contribution is -0.117. The fraction of sp³-hybridized carbons (Fsp3) is 0.267. The molecule has 0 bridgehead atoms. The number of ether oxygens (including phenoxy) is 1. The first-order valence-corrected chi connectivity index (χ1v) is 7.95. The average molecular weight is 332 g/mol. The van der Waals surface area contributed by atoms with Gasteiger partial charge in [-0.2, -0.15) is 0 Å². The second-order valence-electron chi connectivity index (χ2n) is 5.04. The number of carbonyl (C=O) groups excluding carboxylic acids is 2. The van der Waals surface area contributed by atoms with Gasteiger partial charge in [-0.05, 0) is 12.1 Å². The van der Waals surface area contributed by atoms with E-state index in [1.165, 1.54) is 11.3 Å². The highest BCUT2D eigenvalue weighted by atomic mass is 32.1. The van der Waals surface area contributed by atoms with Gasteiger partial charge in [-0.15, -0.1) is 11.3 Å². The first-order valence-electron chi connectivity index (χ1n) is 7.07. The van der Waals surface area contributed by atoms with Gasteiger partial charge < -0.3 is 15.0 Å². The molecule has 1 saturated heterocycles. The third kappa shape index (κ3) is 3.59. The Morgan fingerprint density at radius 3 is 3.09 bits per heavy atom. The van der Waals surface area contributed by atoms with Crippen molar-refractivity contribution in [3.8, 4) is 5.75 Å². The second-order valence-corrected chi connectivity index (χ2v) is 5.94. The molecule has 3 amide bonds. The summed E-state index contributed by atoms with van der Waals surface area (Å²) in [6, 6.07) is 6.70. The summed E-state index contributed by atoms with van der Waals surface area (Å²) in [4.78, 5) is 29.7. The quantitative estimate of drug-likeness (QED) is 0.898. The molecule has 2 heterocycles. The summed E-state index contributed by atoms with van der Waals surface area (Å²) in [5.74, 6) is 0.658. The fourth-order valence-electron chi connectivity index (χ4n) is 2.44. The van der Waals surface area contributed by atoms with E-state index in [4.69, 9.17) is 4.74 Å². The Kier molecular flexibility index (Phi) is 4.42. The lowest BCUT2D eigenvalue weighted by Gasteiger charge is -2.18. The lowest BCUT2D eigenvalue weighted by Crippen LogP contribution is -2.39. The summed E-state index contributed by atoms with van der Waals surface area (Å²) in [6.45, 7) is 0.428. The van der Waals surface area contributed by atoms with Crippen molar-refractivity contribution in [2.24, 2.45) is 0 Å². The number of methoxy groups -OCH3 is 1. The van der Waals surface area contributed by atoms with Crippen LogP contribution in [0.5, 0.6) is 5.75 Å². The molecule has 0 radical (unpaired) electrons. The first-order chi connectivity index (χ1) is 11.2. The van der Waals surface area contributed by atoms with Crippen LogP contribution < -0.4 is 20.3 Å². The molecule has 0 saturated carbocycles. The second kappa shape index (κ2) is 6.66. The molecule has 1 atom stereocenters. The number of hydrogen-bond donors (Lipinski definition) is 2. The molecule has 1 unspecified atom stereocenters. The average Bonchev–Trinajstić information content (AvgIpc) is 3.17. The van der Waals surface area contributed by atoms with Crippen molar-refractivity contribution in [2.75, 3.05) is 23.9 Å². The van der Waals surface area contributed by atoms with E-state index in [0.29, 0.717) is 17.4 Å². The minimum Gasteiger partial charge on any atom is -0.497 e. The van der Waals surface area contributed by atoms with E-state index >= 15 is 0 Å². The third-order valence-corrected chi connectivity index (χ3v) is 4.17. The Labute approximate surface area is 137 Å². The summed E-state index contributed by atoms with van der Waals surface area (Å²) in [5, 5.41) is 7.74. The van der Waals surface area contributed by atoms with Crippen molar-refractivity contribution in [2.45, 2.75) is 12.5 Å². The predicted octanol–water partition coefficient (Wildman–Crippen LogP) is 2.08. The van der Waals surface area contributed by atoms with E-state index in [0.717, 1.165) is 5.69 Å². The number of rotatable bonds is 4. The lowest BCUT2D eigenvalue weighted by atomic mass is 10.2. The number of nitrogens with zero attached hydrogens (tertiary/aromatic N) is 2. The molecule has 0 aliphatic carbocycles. The molecule has 1 aromatic heterocycles. The molecule has 1 aliphatic rings. The number of anilines is 2. The number of carbonyl (C=O) groups is 2. The van der Waals surface area contributed by atoms with Gasteiger partial charge in [-0.1, -0.05) is 6.07 Å². The minimum absolute atomic E-state index is 0.0298. The van der Waals surface area contributed by atoms with E-state index in [-0.39, 0.29) is 24.4 Å². The molecule has 3 rings (SSSR count). The molecule has 7 nitrogen and oxygen atoms in total. The van der Waals surface area contributed by atoms with Crippen molar-refractivity contribution in [1.82, 2.24) is 10.3 Å². The number of benzene rings is 1. The van der Waals surface area contributed by atoms with Gasteiger partial charge in [0.25, 0.3) is 0 Å². The maximum Gasteiger partial charge on any atom is 0.321 e. The summed E-state index contributed by atoms with van der Waals surface area (Å²) in [7, 11) is 1.58. The van der Waals surface area contributed by atoms with E-state index in [1.807, 2.05) is 18.2 Å². The zero-order chi connectivity index (χ0) is 16.2. The maximum atomic E-state index is 12.2. The SMILES string of the molecule is COc1cccc(N2CC(NC(=O)Nc3nccs3)CC2=O)c1. The van der Waals surface area contributed by atoms with Gasteiger partial charge in [0.05, 0.1) is 13.2 Å². The Morgan fingerprint density at radius 1 is 1.48 bits per heavy atom. The van der Waals surface area contributed by atoms with Gasteiger partial charge in [0, 0.05) is 36.3 Å². The van der Waals surface area contributed by atoms with Gasteiger partial charge in [0.2, 0.25) is 5.91 Å². The van der Waals surface area contributed by atoms with E-state index < -0.39 is 0 Å². The van der Waals surface area contributed by atoms with Crippen LogP contribution >= 0.6 is 11.3 Å². The Morgan fingerprint density at radius 2 is 2.35 bits per heavy atom. The summed E-state index contributed by atoms with van der Waals surface area (Å²) >= 11 is 1.34. The van der Waals surface area contributed by atoms with Gasteiger partial charge in [-0.3, -0.25) is 10.1 Å². The van der Waals surface area contributed by atoms with Crippen LogP contribution in [0.4, 0.5) is 15.6 Å². The van der Waals surface area contributed by atoms with Crippen molar-refractivity contribution in [3.05, 3.63) is 35.8 Å². The third-order valence-electron chi connectivity index (χ3n) is 3.48. The topological polar surface area (TPSA) is 83.6 Å².